The molecule has 2 N–H and O–H groups in total. The lowest BCUT2D eigenvalue weighted by Crippen LogP contribution is -2.08. The van der Waals surface area contributed by atoms with Gasteiger partial charge in [-0.15, -0.1) is 0 Å². The van der Waals surface area contributed by atoms with Gasteiger partial charge in [0.2, 0.25) is 5.91 Å². The minimum absolute atomic E-state index is 0.00290. The van der Waals surface area contributed by atoms with Crippen molar-refractivity contribution in [3.63, 3.8) is 0 Å². The Kier molecular flexibility index (Phi) is 4.90. The van der Waals surface area contributed by atoms with Gasteiger partial charge in [-0.05, 0) is 54.3 Å². The first kappa shape index (κ1) is 15.0. The number of nitrogens with one attached hydrogen (secondary N) is 1. The Morgan fingerprint density at radius 1 is 1.14 bits per heavy atom. The zero-order valence-electron chi connectivity index (χ0n) is 12.3. The SMILES string of the molecule is Cc1ccc(/C=C/C(=O)Nc2ccccc2C)cc1CO. The van der Waals surface area contributed by atoms with E-state index in [0.29, 0.717) is 0 Å². The lowest BCUT2D eigenvalue weighted by Gasteiger charge is -2.06. The predicted molar refractivity (Wildman–Crippen MR) is 85.9 cm³/mol. The predicted octanol–water partition coefficient (Wildman–Crippen LogP) is 3.45. The number of benzene rings is 2. The summed E-state index contributed by atoms with van der Waals surface area (Å²) in [4.78, 5) is 11.9. The molecule has 0 bridgehead atoms. The maximum Gasteiger partial charge on any atom is 0.248 e. The van der Waals surface area contributed by atoms with Crippen LogP contribution in [0.1, 0.15) is 22.3 Å². The van der Waals surface area contributed by atoms with E-state index in [4.69, 9.17) is 0 Å². The summed E-state index contributed by atoms with van der Waals surface area (Å²) in [5.41, 5.74) is 4.64. The Balaban J connectivity index is 2.07. The number of rotatable bonds is 4. The molecule has 1 amide bonds. The number of aliphatic hydroxyl groups excluding tert-OH is 1. The average Bonchev–Trinajstić information content (AvgIpc) is 2.49. The number of aryl methyl sites for hydroxylation is 2. The van der Waals surface area contributed by atoms with Crippen molar-refractivity contribution in [3.05, 3.63) is 70.8 Å². The zero-order chi connectivity index (χ0) is 15.2. The van der Waals surface area contributed by atoms with Gasteiger partial charge in [-0.1, -0.05) is 30.3 Å². The maximum atomic E-state index is 11.9. The smallest absolute Gasteiger partial charge is 0.248 e. The van der Waals surface area contributed by atoms with Crippen LogP contribution in [-0.2, 0) is 11.4 Å². The minimum atomic E-state index is -0.171. The van der Waals surface area contributed by atoms with Crippen molar-refractivity contribution in [2.75, 3.05) is 5.32 Å². The minimum Gasteiger partial charge on any atom is -0.392 e. The lowest BCUT2D eigenvalue weighted by molar-refractivity contribution is -0.111. The zero-order valence-corrected chi connectivity index (χ0v) is 12.3. The molecule has 3 heteroatoms. The van der Waals surface area contributed by atoms with Crippen LogP contribution in [0, 0.1) is 13.8 Å². The van der Waals surface area contributed by atoms with E-state index in [0.717, 1.165) is 27.9 Å². The molecule has 0 aliphatic heterocycles. The van der Waals surface area contributed by atoms with Gasteiger partial charge in [-0.3, -0.25) is 4.79 Å². The van der Waals surface area contributed by atoms with Crippen LogP contribution in [0.4, 0.5) is 5.69 Å². The molecule has 0 aliphatic carbocycles. The molecular weight excluding hydrogens is 262 g/mol. The molecule has 0 heterocycles. The summed E-state index contributed by atoms with van der Waals surface area (Å²) in [5.74, 6) is -0.171. The summed E-state index contributed by atoms with van der Waals surface area (Å²) in [6.07, 6.45) is 3.24. The Bertz CT molecular complexity index is 675. The first-order valence-corrected chi connectivity index (χ1v) is 6.85. The van der Waals surface area contributed by atoms with Crippen LogP contribution in [0.3, 0.4) is 0 Å². The van der Waals surface area contributed by atoms with E-state index in [1.54, 1.807) is 6.08 Å². The van der Waals surface area contributed by atoms with Gasteiger partial charge in [-0.25, -0.2) is 0 Å². The number of carbonyl (C=O) groups excluding carboxylic acids is 1. The molecule has 0 spiro atoms. The quantitative estimate of drug-likeness (QED) is 0.843. The highest BCUT2D eigenvalue weighted by Crippen LogP contribution is 2.14. The van der Waals surface area contributed by atoms with Crippen molar-refractivity contribution in [2.24, 2.45) is 0 Å². The van der Waals surface area contributed by atoms with Crippen LogP contribution in [0.5, 0.6) is 0 Å². The Labute approximate surface area is 124 Å². The monoisotopic (exact) mass is 281 g/mol. The van der Waals surface area contributed by atoms with Gasteiger partial charge < -0.3 is 10.4 Å². The van der Waals surface area contributed by atoms with E-state index < -0.39 is 0 Å². The second-order valence-electron chi connectivity index (χ2n) is 4.98. The molecule has 3 nitrogen and oxygen atoms in total. The highest BCUT2D eigenvalue weighted by molar-refractivity contribution is 6.02. The maximum absolute atomic E-state index is 11.9. The van der Waals surface area contributed by atoms with E-state index in [1.165, 1.54) is 6.08 Å². The Morgan fingerprint density at radius 3 is 2.62 bits per heavy atom. The van der Waals surface area contributed by atoms with Crippen molar-refractivity contribution < 1.29 is 9.90 Å². The second-order valence-corrected chi connectivity index (χ2v) is 4.98. The molecule has 0 radical (unpaired) electrons. The number of amides is 1. The Morgan fingerprint density at radius 2 is 1.90 bits per heavy atom. The number of carbonyl (C=O) groups is 1. The van der Waals surface area contributed by atoms with Crippen LogP contribution in [-0.4, -0.2) is 11.0 Å². The molecular formula is C18H19NO2. The summed E-state index contributed by atoms with van der Waals surface area (Å²) in [6.45, 7) is 3.90. The Hall–Kier alpha value is -2.39. The largest absolute Gasteiger partial charge is 0.392 e. The normalized spacial score (nSPS) is 10.8. The molecule has 2 rings (SSSR count). The number of hydrogen-bond acceptors (Lipinski definition) is 2. The van der Waals surface area contributed by atoms with Gasteiger partial charge in [0.25, 0.3) is 0 Å². The van der Waals surface area contributed by atoms with E-state index in [-0.39, 0.29) is 12.5 Å². The molecule has 0 aliphatic rings. The van der Waals surface area contributed by atoms with E-state index >= 15 is 0 Å². The third-order valence-electron chi connectivity index (χ3n) is 3.37. The molecule has 0 aromatic heterocycles. The van der Waals surface area contributed by atoms with Crippen molar-refractivity contribution in [2.45, 2.75) is 20.5 Å². The first-order chi connectivity index (χ1) is 10.1. The number of para-hydroxylation sites is 1. The van der Waals surface area contributed by atoms with Crippen LogP contribution in [0.15, 0.2) is 48.5 Å². The van der Waals surface area contributed by atoms with Gasteiger partial charge in [0.15, 0.2) is 0 Å². The van der Waals surface area contributed by atoms with Crippen molar-refractivity contribution in [3.8, 4) is 0 Å². The first-order valence-electron chi connectivity index (χ1n) is 6.85. The fraction of sp³-hybridized carbons (Fsp3) is 0.167. The van der Waals surface area contributed by atoms with Crippen molar-refractivity contribution in [1.29, 1.82) is 0 Å². The standard InChI is InChI=1S/C18H19NO2/c1-13-7-8-15(11-16(13)12-20)9-10-18(21)19-17-6-4-3-5-14(17)2/h3-11,20H,12H2,1-2H3,(H,19,21)/b10-9+. The van der Waals surface area contributed by atoms with Crippen LogP contribution < -0.4 is 5.32 Å². The van der Waals surface area contributed by atoms with Gasteiger partial charge in [-0.2, -0.15) is 0 Å². The lowest BCUT2D eigenvalue weighted by atomic mass is 10.1. The molecule has 108 valence electrons. The van der Waals surface area contributed by atoms with Crippen LogP contribution >= 0.6 is 0 Å². The molecule has 2 aromatic carbocycles. The molecule has 0 atom stereocenters. The summed E-state index contributed by atoms with van der Waals surface area (Å²) < 4.78 is 0. The molecule has 21 heavy (non-hydrogen) atoms. The van der Waals surface area contributed by atoms with Crippen LogP contribution in [0.2, 0.25) is 0 Å². The number of hydrogen-bond donors (Lipinski definition) is 2. The highest BCUT2D eigenvalue weighted by atomic mass is 16.3. The van der Waals surface area contributed by atoms with Gasteiger partial charge in [0, 0.05) is 11.8 Å². The van der Waals surface area contributed by atoms with Crippen molar-refractivity contribution >= 4 is 17.7 Å². The molecule has 0 saturated carbocycles. The summed E-state index contributed by atoms with van der Waals surface area (Å²) in [5, 5.41) is 12.1. The number of anilines is 1. The third-order valence-corrected chi connectivity index (χ3v) is 3.37. The third kappa shape index (κ3) is 4.04. The second kappa shape index (κ2) is 6.86. The highest BCUT2D eigenvalue weighted by Gasteiger charge is 2.01. The fourth-order valence-electron chi connectivity index (χ4n) is 2.02. The molecule has 0 saturated heterocycles. The fourth-order valence-corrected chi connectivity index (χ4v) is 2.02. The van der Waals surface area contributed by atoms with Gasteiger partial charge in [0.1, 0.15) is 0 Å². The van der Waals surface area contributed by atoms with Gasteiger partial charge in [0.05, 0.1) is 6.61 Å². The van der Waals surface area contributed by atoms with E-state index in [1.807, 2.05) is 56.3 Å². The summed E-state index contributed by atoms with van der Waals surface area (Å²) in [7, 11) is 0. The molecule has 0 fully saturated rings. The van der Waals surface area contributed by atoms with Gasteiger partial charge >= 0.3 is 0 Å². The molecule has 0 unspecified atom stereocenters. The summed E-state index contributed by atoms with van der Waals surface area (Å²) >= 11 is 0. The van der Waals surface area contributed by atoms with E-state index in [9.17, 15) is 9.90 Å². The van der Waals surface area contributed by atoms with E-state index in [2.05, 4.69) is 5.32 Å². The average molecular weight is 281 g/mol. The van der Waals surface area contributed by atoms with Crippen LogP contribution in [0.25, 0.3) is 6.08 Å². The number of aliphatic hydroxyl groups is 1. The van der Waals surface area contributed by atoms with Crippen molar-refractivity contribution in [1.82, 2.24) is 0 Å². The topological polar surface area (TPSA) is 49.3 Å². The molecule has 2 aromatic rings. The summed E-state index contributed by atoms with van der Waals surface area (Å²) in [6, 6.07) is 13.4.